The van der Waals surface area contributed by atoms with Gasteiger partial charge in [0, 0.05) is 5.38 Å². The number of hydrogen-bond donors (Lipinski definition) is 0. The van der Waals surface area contributed by atoms with Crippen molar-refractivity contribution in [1.82, 2.24) is 0 Å². The van der Waals surface area contributed by atoms with Crippen LogP contribution in [0.2, 0.25) is 0 Å². The van der Waals surface area contributed by atoms with Gasteiger partial charge in [-0.2, -0.15) is 0 Å². The van der Waals surface area contributed by atoms with E-state index in [4.69, 9.17) is 11.6 Å². The molecule has 1 aliphatic rings. The summed E-state index contributed by atoms with van der Waals surface area (Å²) < 4.78 is 28.1. The van der Waals surface area contributed by atoms with Gasteiger partial charge in [-0.25, -0.2) is 8.78 Å². The topological polar surface area (TPSA) is 0 Å². The molecule has 0 N–H and O–H groups in total. The van der Waals surface area contributed by atoms with E-state index >= 15 is 0 Å². The van der Waals surface area contributed by atoms with Crippen molar-refractivity contribution in [3.8, 4) is 0 Å². The molecule has 1 saturated carbocycles. The number of alkyl halides is 1. The molecular formula is C17H23ClF2. The Kier molecular flexibility index (Phi) is 4.44. The number of benzene rings is 1. The van der Waals surface area contributed by atoms with Gasteiger partial charge < -0.3 is 0 Å². The zero-order chi connectivity index (χ0) is 15.1. The van der Waals surface area contributed by atoms with E-state index in [0.717, 1.165) is 19.3 Å². The van der Waals surface area contributed by atoms with Gasteiger partial charge in [-0.05, 0) is 48.1 Å². The maximum Gasteiger partial charge on any atom is 0.162 e. The van der Waals surface area contributed by atoms with Gasteiger partial charge in [0.15, 0.2) is 11.6 Å². The highest BCUT2D eigenvalue weighted by molar-refractivity contribution is 6.20. The van der Waals surface area contributed by atoms with Gasteiger partial charge in [0.2, 0.25) is 0 Å². The quantitative estimate of drug-likeness (QED) is 0.624. The Hall–Kier alpha value is -0.630. The van der Waals surface area contributed by atoms with Crippen LogP contribution in [0.5, 0.6) is 0 Å². The molecule has 0 aliphatic heterocycles. The van der Waals surface area contributed by atoms with Crippen molar-refractivity contribution in [1.29, 1.82) is 0 Å². The summed E-state index contributed by atoms with van der Waals surface area (Å²) in [4.78, 5) is 0. The molecule has 0 nitrogen and oxygen atoms in total. The molecule has 0 bridgehead atoms. The van der Waals surface area contributed by atoms with Crippen LogP contribution in [0.4, 0.5) is 8.78 Å². The molecule has 0 aromatic heterocycles. The lowest BCUT2D eigenvalue weighted by atomic mass is 9.65. The molecule has 112 valence electrons. The molecule has 1 aromatic carbocycles. The molecule has 0 heterocycles. The van der Waals surface area contributed by atoms with Crippen LogP contribution in [0.1, 0.15) is 51.2 Å². The van der Waals surface area contributed by atoms with Crippen LogP contribution in [0.3, 0.4) is 0 Å². The van der Waals surface area contributed by atoms with Crippen molar-refractivity contribution in [3.05, 3.63) is 34.9 Å². The van der Waals surface area contributed by atoms with Crippen LogP contribution in [0, 0.1) is 30.4 Å². The lowest BCUT2D eigenvalue weighted by Crippen LogP contribution is -2.39. The first kappa shape index (κ1) is 15.8. The molecular weight excluding hydrogens is 278 g/mol. The first-order chi connectivity index (χ1) is 9.25. The molecule has 20 heavy (non-hydrogen) atoms. The van der Waals surface area contributed by atoms with Gasteiger partial charge in [-0.1, -0.05) is 39.3 Å². The highest BCUT2D eigenvalue weighted by Gasteiger charge is 2.41. The van der Waals surface area contributed by atoms with Crippen LogP contribution < -0.4 is 0 Å². The summed E-state index contributed by atoms with van der Waals surface area (Å²) in [6.07, 6.45) is 3.02. The third-order valence-electron chi connectivity index (χ3n) is 4.93. The van der Waals surface area contributed by atoms with Crippen LogP contribution >= 0.6 is 11.6 Å². The van der Waals surface area contributed by atoms with Gasteiger partial charge >= 0.3 is 0 Å². The minimum atomic E-state index is -0.731. The summed E-state index contributed by atoms with van der Waals surface area (Å²) in [7, 11) is 0. The molecule has 0 radical (unpaired) electrons. The summed E-state index contributed by atoms with van der Waals surface area (Å²) in [5.41, 5.74) is 0.345. The second kappa shape index (κ2) is 5.63. The highest BCUT2D eigenvalue weighted by atomic mass is 35.5. The van der Waals surface area contributed by atoms with Crippen LogP contribution in [0.15, 0.2) is 12.1 Å². The van der Waals surface area contributed by atoms with Crippen molar-refractivity contribution >= 4 is 11.6 Å². The van der Waals surface area contributed by atoms with E-state index in [0.29, 0.717) is 17.0 Å². The number of hydrogen-bond acceptors (Lipinski definition) is 0. The standard InChI is InChI=1S/C17H23ClF2/c1-10-5-7-12(14(18)9-10)17(3,4)13-8-6-11(2)15(19)16(13)20/h6,8,10,12,14H,5,7,9H2,1-4H3. The fourth-order valence-corrected chi connectivity index (χ4v) is 4.21. The third-order valence-corrected chi connectivity index (χ3v) is 5.41. The van der Waals surface area contributed by atoms with Gasteiger partial charge in [0.25, 0.3) is 0 Å². The maximum atomic E-state index is 14.3. The normalized spacial score (nSPS) is 27.6. The van der Waals surface area contributed by atoms with E-state index in [2.05, 4.69) is 6.92 Å². The maximum absolute atomic E-state index is 14.3. The van der Waals surface area contributed by atoms with Gasteiger partial charge in [0.05, 0.1) is 0 Å². The van der Waals surface area contributed by atoms with E-state index in [-0.39, 0.29) is 11.3 Å². The smallest absolute Gasteiger partial charge is 0.162 e. The van der Waals surface area contributed by atoms with E-state index < -0.39 is 17.0 Å². The summed E-state index contributed by atoms with van der Waals surface area (Å²) in [6, 6.07) is 3.37. The predicted octanol–water partition coefficient (Wildman–Crippen LogP) is 5.59. The van der Waals surface area contributed by atoms with Gasteiger partial charge in [0.1, 0.15) is 0 Å². The molecule has 1 aromatic rings. The van der Waals surface area contributed by atoms with E-state index in [1.807, 2.05) is 13.8 Å². The Labute approximate surface area is 125 Å². The summed E-state index contributed by atoms with van der Waals surface area (Å²) >= 11 is 6.52. The lowest BCUT2D eigenvalue weighted by molar-refractivity contribution is 0.202. The summed E-state index contributed by atoms with van der Waals surface area (Å²) in [5.74, 6) is -0.649. The molecule has 2 rings (SSSR count). The number of rotatable bonds is 2. The second-order valence-corrected chi connectivity index (χ2v) is 7.38. The highest BCUT2D eigenvalue weighted by Crippen LogP contribution is 2.45. The summed E-state index contributed by atoms with van der Waals surface area (Å²) in [5, 5.41) is 0.0255. The average molecular weight is 301 g/mol. The Bertz CT molecular complexity index is 496. The fourth-order valence-electron chi connectivity index (χ4n) is 3.47. The van der Waals surface area contributed by atoms with E-state index in [1.54, 1.807) is 19.1 Å². The average Bonchev–Trinajstić information content (AvgIpc) is 2.35. The monoisotopic (exact) mass is 300 g/mol. The van der Waals surface area contributed by atoms with Crippen molar-refractivity contribution in [3.63, 3.8) is 0 Å². The van der Waals surface area contributed by atoms with Crippen molar-refractivity contribution < 1.29 is 8.78 Å². The first-order valence-electron chi connectivity index (χ1n) is 7.34. The Morgan fingerprint density at radius 3 is 2.40 bits per heavy atom. The third kappa shape index (κ3) is 2.72. The molecule has 3 atom stereocenters. The van der Waals surface area contributed by atoms with Crippen molar-refractivity contribution in [2.45, 2.75) is 57.7 Å². The Morgan fingerprint density at radius 1 is 1.15 bits per heavy atom. The minimum Gasteiger partial charge on any atom is -0.203 e. The molecule has 3 unspecified atom stereocenters. The summed E-state index contributed by atoms with van der Waals surface area (Å²) in [6.45, 7) is 7.75. The van der Waals surface area contributed by atoms with Crippen LogP contribution in [-0.4, -0.2) is 5.38 Å². The van der Waals surface area contributed by atoms with Crippen molar-refractivity contribution in [2.75, 3.05) is 0 Å². The van der Waals surface area contributed by atoms with Gasteiger partial charge in [-0.3, -0.25) is 0 Å². The molecule has 1 fully saturated rings. The zero-order valence-electron chi connectivity index (χ0n) is 12.6. The SMILES string of the molecule is Cc1ccc(C(C)(C)C2CCC(C)CC2Cl)c(F)c1F. The largest absolute Gasteiger partial charge is 0.203 e. The Balaban J connectivity index is 2.37. The van der Waals surface area contributed by atoms with Crippen LogP contribution in [0.25, 0.3) is 0 Å². The first-order valence-corrected chi connectivity index (χ1v) is 7.78. The number of halogens is 3. The number of aryl methyl sites for hydroxylation is 1. The molecule has 0 saturated heterocycles. The molecule has 0 amide bonds. The Morgan fingerprint density at radius 2 is 1.80 bits per heavy atom. The van der Waals surface area contributed by atoms with E-state index in [1.165, 1.54) is 0 Å². The minimum absolute atomic E-state index is 0.0255. The lowest BCUT2D eigenvalue weighted by Gasteiger charge is -2.42. The van der Waals surface area contributed by atoms with Gasteiger partial charge in [-0.15, -0.1) is 11.6 Å². The fraction of sp³-hybridized carbons (Fsp3) is 0.647. The second-order valence-electron chi connectivity index (χ2n) is 6.82. The molecule has 0 spiro atoms. The van der Waals surface area contributed by atoms with Crippen molar-refractivity contribution in [2.24, 2.45) is 11.8 Å². The van der Waals surface area contributed by atoms with Crippen LogP contribution in [-0.2, 0) is 5.41 Å². The van der Waals surface area contributed by atoms with E-state index in [9.17, 15) is 8.78 Å². The predicted molar refractivity (Wildman–Crippen MR) is 80.3 cm³/mol. The zero-order valence-corrected chi connectivity index (χ0v) is 13.4. The molecule has 1 aliphatic carbocycles. The molecule has 3 heteroatoms.